The highest BCUT2D eigenvalue weighted by Gasteiger charge is 2.05. The first-order valence-corrected chi connectivity index (χ1v) is 4.70. The first-order chi connectivity index (χ1) is 6.20. The molecule has 0 saturated heterocycles. The fourth-order valence-corrected chi connectivity index (χ4v) is 1.54. The van der Waals surface area contributed by atoms with Crippen molar-refractivity contribution in [2.24, 2.45) is 0 Å². The maximum atomic E-state index is 5.75. The Labute approximate surface area is 84.5 Å². The molecule has 1 heteroatoms. The van der Waals surface area contributed by atoms with Gasteiger partial charge in [0.25, 0.3) is 0 Å². The SMILES string of the molecule is C=Cc1cccc(C)c1C(=C)CCl. The lowest BCUT2D eigenvalue weighted by Gasteiger charge is -2.10. The number of hydrogen-bond donors (Lipinski definition) is 0. The van der Waals surface area contributed by atoms with Gasteiger partial charge in [-0.2, -0.15) is 0 Å². The highest BCUT2D eigenvalue weighted by Crippen LogP contribution is 2.23. The van der Waals surface area contributed by atoms with E-state index in [0.29, 0.717) is 5.88 Å². The molecule has 1 aromatic carbocycles. The molecular formula is C12H13Cl. The molecule has 0 amide bonds. The predicted molar refractivity (Wildman–Crippen MR) is 61.0 cm³/mol. The van der Waals surface area contributed by atoms with Crippen LogP contribution in [0.2, 0.25) is 0 Å². The van der Waals surface area contributed by atoms with Crippen molar-refractivity contribution in [2.75, 3.05) is 5.88 Å². The number of aryl methyl sites for hydroxylation is 1. The van der Waals surface area contributed by atoms with Crippen molar-refractivity contribution < 1.29 is 0 Å². The van der Waals surface area contributed by atoms with Gasteiger partial charge in [-0.3, -0.25) is 0 Å². The van der Waals surface area contributed by atoms with E-state index in [4.69, 9.17) is 11.6 Å². The largest absolute Gasteiger partial charge is 0.122 e. The Bertz CT molecular complexity index is 337. The van der Waals surface area contributed by atoms with Crippen LogP contribution in [0.4, 0.5) is 0 Å². The molecule has 0 fully saturated rings. The normalized spacial score (nSPS) is 9.69. The molecule has 0 saturated carbocycles. The van der Waals surface area contributed by atoms with Gasteiger partial charge in [0.05, 0.1) is 0 Å². The van der Waals surface area contributed by atoms with Gasteiger partial charge in [-0.25, -0.2) is 0 Å². The van der Waals surface area contributed by atoms with Crippen molar-refractivity contribution in [1.29, 1.82) is 0 Å². The minimum atomic E-state index is 0.464. The quantitative estimate of drug-likeness (QED) is 0.638. The highest BCUT2D eigenvalue weighted by molar-refractivity contribution is 6.23. The van der Waals surface area contributed by atoms with Gasteiger partial charge >= 0.3 is 0 Å². The monoisotopic (exact) mass is 192 g/mol. The van der Waals surface area contributed by atoms with Gasteiger partial charge < -0.3 is 0 Å². The van der Waals surface area contributed by atoms with Gasteiger partial charge in [0, 0.05) is 5.88 Å². The molecular weight excluding hydrogens is 180 g/mol. The lowest BCUT2D eigenvalue weighted by atomic mass is 9.97. The molecule has 1 rings (SSSR count). The Balaban J connectivity index is 3.30. The van der Waals surface area contributed by atoms with Crippen molar-refractivity contribution in [3.05, 3.63) is 48.0 Å². The van der Waals surface area contributed by atoms with E-state index in [0.717, 1.165) is 16.7 Å². The summed E-state index contributed by atoms with van der Waals surface area (Å²) in [6, 6.07) is 6.09. The second-order valence-corrected chi connectivity index (χ2v) is 3.25. The molecule has 1 aromatic rings. The van der Waals surface area contributed by atoms with Gasteiger partial charge in [-0.05, 0) is 29.2 Å². The van der Waals surface area contributed by atoms with Crippen LogP contribution < -0.4 is 0 Å². The van der Waals surface area contributed by atoms with E-state index < -0.39 is 0 Å². The van der Waals surface area contributed by atoms with Gasteiger partial charge in [0.2, 0.25) is 0 Å². The van der Waals surface area contributed by atoms with E-state index in [-0.39, 0.29) is 0 Å². The number of alkyl halides is 1. The Hall–Kier alpha value is -1.01. The van der Waals surface area contributed by atoms with Crippen molar-refractivity contribution >= 4 is 23.3 Å². The van der Waals surface area contributed by atoms with Crippen LogP contribution >= 0.6 is 11.6 Å². The molecule has 0 nitrogen and oxygen atoms in total. The van der Waals surface area contributed by atoms with Crippen LogP contribution in [0.3, 0.4) is 0 Å². The standard InChI is InChI=1S/C12H13Cl/c1-4-11-7-5-6-9(2)12(11)10(3)8-13/h4-7H,1,3,8H2,2H3. The van der Waals surface area contributed by atoms with E-state index in [1.807, 2.05) is 18.2 Å². The lowest BCUT2D eigenvalue weighted by molar-refractivity contribution is 1.40. The lowest BCUT2D eigenvalue weighted by Crippen LogP contribution is -1.92. The zero-order valence-electron chi connectivity index (χ0n) is 7.81. The van der Waals surface area contributed by atoms with Crippen LogP contribution in [0.1, 0.15) is 16.7 Å². The molecule has 0 atom stereocenters. The van der Waals surface area contributed by atoms with Gasteiger partial charge in [-0.1, -0.05) is 37.4 Å². The highest BCUT2D eigenvalue weighted by atomic mass is 35.5. The third-order valence-electron chi connectivity index (χ3n) is 2.04. The predicted octanol–water partition coefficient (Wildman–Crippen LogP) is 3.89. The van der Waals surface area contributed by atoms with E-state index in [2.05, 4.69) is 26.1 Å². The summed E-state index contributed by atoms with van der Waals surface area (Å²) in [5, 5.41) is 0. The minimum absolute atomic E-state index is 0.464. The number of rotatable bonds is 3. The number of allylic oxidation sites excluding steroid dienone is 1. The van der Waals surface area contributed by atoms with E-state index >= 15 is 0 Å². The summed E-state index contributed by atoms with van der Waals surface area (Å²) in [4.78, 5) is 0. The molecule has 0 aliphatic heterocycles. The molecule has 0 radical (unpaired) electrons. The molecule has 0 aliphatic carbocycles. The molecule has 0 aromatic heterocycles. The fraction of sp³-hybridized carbons (Fsp3) is 0.167. The topological polar surface area (TPSA) is 0 Å². The maximum Gasteiger partial charge on any atom is 0.0474 e. The van der Waals surface area contributed by atoms with Crippen LogP contribution in [0, 0.1) is 6.92 Å². The summed E-state index contributed by atoms with van der Waals surface area (Å²) < 4.78 is 0. The first kappa shape index (κ1) is 10.1. The number of benzene rings is 1. The molecule has 0 aliphatic rings. The van der Waals surface area contributed by atoms with Crippen molar-refractivity contribution in [1.82, 2.24) is 0 Å². The molecule has 68 valence electrons. The Morgan fingerprint density at radius 2 is 2.23 bits per heavy atom. The summed E-state index contributed by atoms with van der Waals surface area (Å²) in [7, 11) is 0. The van der Waals surface area contributed by atoms with E-state index in [9.17, 15) is 0 Å². The summed E-state index contributed by atoms with van der Waals surface area (Å²) in [5.41, 5.74) is 4.39. The number of halogens is 1. The first-order valence-electron chi connectivity index (χ1n) is 4.17. The Kier molecular flexibility index (Phi) is 3.32. The Morgan fingerprint density at radius 1 is 1.54 bits per heavy atom. The van der Waals surface area contributed by atoms with Crippen molar-refractivity contribution in [3.8, 4) is 0 Å². The van der Waals surface area contributed by atoms with Crippen molar-refractivity contribution in [2.45, 2.75) is 6.92 Å². The Morgan fingerprint density at radius 3 is 2.77 bits per heavy atom. The van der Waals surface area contributed by atoms with Crippen LogP contribution in [0.5, 0.6) is 0 Å². The zero-order valence-corrected chi connectivity index (χ0v) is 8.56. The maximum absolute atomic E-state index is 5.75. The molecule has 13 heavy (non-hydrogen) atoms. The second-order valence-electron chi connectivity index (χ2n) is 2.98. The molecule has 0 spiro atoms. The third-order valence-corrected chi connectivity index (χ3v) is 2.36. The molecule has 0 bridgehead atoms. The van der Waals surface area contributed by atoms with Crippen molar-refractivity contribution in [3.63, 3.8) is 0 Å². The number of hydrogen-bond acceptors (Lipinski definition) is 0. The summed E-state index contributed by atoms with van der Waals surface area (Å²) in [6.45, 7) is 9.75. The van der Waals surface area contributed by atoms with Crippen LogP contribution in [-0.4, -0.2) is 5.88 Å². The smallest absolute Gasteiger partial charge is 0.0474 e. The minimum Gasteiger partial charge on any atom is -0.122 e. The molecule has 0 N–H and O–H groups in total. The summed E-state index contributed by atoms with van der Waals surface area (Å²) >= 11 is 5.75. The van der Waals surface area contributed by atoms with Gasteiger partial charge in [-0.15, -0.1) is 11.6 Å². The average molecular weight is 193 g/mol. The fourth-order valence-electron chi connectivity index (χ4n) is 1.41. The molecule has 0 heterocycles. The third kappa shape index (κ3) is 2.02. The zero-order chi connectivity index (χ0) is 9.84. The molecule has 0 unspecified atom stereocenters. The second kappa shape index (κ2) is 4.29. The average Bonchev–Trinajstić information content (AvgIpc) is 2.16. The van der Waals surface area contributed by atoms with E-state index in [1.165, 1.54) is 5.56 Å². The van der Waals surface area contributed by atoms with Crippen LogP contribution in [-0.2, 0) is 0 Å². The van der Waals surface area contributed by atoms with Crippen LogP contribution in [0.25, 0.3) is 11.6 Å². The van der Waals surface area contributed by atoms with Gasteiger partial charge in [0.1, 0.15) is 0 Å². The summed E-state index contributed by atoms with van der Waals surface area (Å²) in [6.07, 6.45) is 1.83. The summed E-state index contributed by atoms with van der Waals surface area (Å²) in [5.74, 6) is 0.464. The van der Waals surface area contributed by atoms with E-state index in [1.54, 1.807) is 0 Å². The van der Waals surface area contributed by atoms with Gasteiger partial charge in [0.15, 0.2) is 0 Å². The van der Waals surface area contributed by atoms with Crippen LogP contribution in [0.15, 0.2) is 31.4 Å².